The number of carbonyl (C=O) groups is 1. The van der Waals surface area contributed by atoms with Crippen LogP contribution >= 0.6 is 25.1 Å². The number of aromatic nitrogens is 6. The van der Waals surface area contributed by atoms with Gasteiger partial charge < -0.3 is 14.2 Å². The number of esters is 1. The van der Waals surface area contributed by atoms with Crippen molar-refractivity contribution in [3.8, 4) is 17.6 Å². The number of methoxy groups -OCH3 is 1. The molecule has 0 saturated heterocycles. The first kappa shape index (κ1) is 27.1. The number of hydrogen-bond acceptors (Lipinski definition) is 8. The summed E-state index contributed by atoms with van der Waals surface area (Å²) in [5.41, 5.74) is 1.64. The Morgan fingerprint density at radius 3 is 2.58 bits per heavy atom. The molecule has 1 atom stereocenters. The molecule has 0 aliphatic carbocycles. The lowest BCUT2D eigenvalue weighted by Crippen LogP contribution is -2.17. The van der Waals surface area contributed by atoms with Gasteiger partial charge in [0.25, 0.3) is 5.95 Å². The normalized spacial score (nSPS) is 12.2. The minimum atomic E-state index is -4.86. The Morgan fingerprint density at radius 2 is 1.94 bits per heavy atom. The van der Waals surface area contributed by atoms with Gasteiger partial charge >= 0.3 is 12.3 Å². The molecular weight excluding hydrogens is 525 g/mol. The maximum absolute atomic E-state index is 12.5. The highest BCUT2D eigenvalue weighted by atomic mass is 35.5. The number of nitrogens with zero attached hydrogens (tertiary/aromatic N) is 6. The summed E-state index contributed by atoms with van der Waals surface area (Å²) in [5.74, 6) is -0.731. The third-order valence-electron chi connectivity index (χ3n) is 4.92. The molecule has 0 aliphatic heterocycles. The molecule has 3 heterocycles. The topological polar surface area (TPSA) is 106 Å². The molecule has 4 aromatic rings. The first-order valence-corrected chi connectivity index (χ1v) is 10.6. The summed E-state index contributed by atoms with van der Waals surface area (Å²) in [6.45, 7) is 3.69. The summed E-state index contributed by atoms with van der Waals surface area (Å²) >= 11 is 6.00. The fraction of sp³-hybridized carbons (Fsp3) is 0.286. The molecule has 0 spiro atoms. The molecule has 4 rings (SSSR count). The minimum absolute atomic E-state index is 0. The van der Waals surface area contributed by atoms with Crippen LogP contribution in [0.15, 0.2) is 36.8 Å². The average Bonchev–Trinajstić information content (AvgIpc) is 3.46. The third kappa shape index (κ3) is 5.49. The van der Waals surface area contributed by atoms with E-state index in [0.29, 0.717) is 16.6 Å². The maximum Gasteiger partial charge on any atom is 0.573 e. The number of benzene rings is 1. The Labute approximate surface area is 214 Å². The summed E-state index contributed by atoms with van der Waals surface area (Å²) in [4.78, 5) is 20.7. The van der Waals surface area contributed by atoms with Gasteiger partial charge in [-0.15, -0.1) is 13.2 Å². The Hall–Kier alpha value is -3.52. The summed E-state index contributed by atoms with van der Waals surface area (Å²) in [6.07, 6.45) is -0.612. The van der Waals surface area contributed by atoms with Crippen LogP contribution in [0.25, 0.3) is 17.0 Å². The van der Waals surface area contributed by atoms with E-state index in [1.54, 1.807) is 18.5 Å². The molecule has 3 aromatic heterocycles. The Balaban J connectivity index is 0.00000361. The van der Waals surface area contributed by atoms with Crippen LogP contribution in [-0.4, -0.2) is 55.6 Å². The number of rotatable bonds is 7. The van der Waals surface area contributed by atoms with Gasteiger partial charge in [-0.1, -0.05) is 17.7 Å². The van der Waals surface area contributed by atoms with E-state index in [1.165, 1.54) is 42.5 Å². The molecule has 36 heavy (non-hydrogen) atoms. The molecule has 15 heteroatoms. The number of carbonyl (C=O) groups excluding carboxylic acids is 1. The monoisotopic (exact) mass is 544 g/mol. The van der Waals surface area contributed by atoms with Crippen LogP contribution in [0.2, 0.25) is 5.02 Å². The zero-order valence-corrected chi connectivity index (χ0v) is 20.8. The number of hydrogen-bond donors (Lipinski definition) is 0. The van der Waals surface area contributed by atoms with Crippen LogP contribution in [0.4, 0.5) is 13.2 Å². The first-order chi connectivity index (χ1) is 16.6. The second-order valence-corrected chi connectivity index (χ2v) is 7.57. The van der Waals surface area contributed by atoms with E-state index in [4.69, 9.17) is 21.1 Å². The fourth-order valence-electron chi connectivity index (χ4n) is 3.34. The number of alkyl halides is 3. The molecule has 0 bridgehead atoms. The van der Waals surface area contributed by atoms with Crippen LogP contribution in [0.5, 0.6) is 11.6 Å². The summed E-state index contributed by atoms with van der Waals surface area (Å²) in [7, 11) is 1.42. The van der Waals surface area contributed by atoms with Gasteiger partial charge in [0.2, 0.25) is 5.88 Å². The minimum Gasteiger partial charge on any atom is -0.479 e. The van der Waals surface area contributed by atoms with E-state index in [0.717, 1.165) is 6.07 Å². The van der Waals surface area contributed by atoms with E-state index in [2.05, 4.69) is 24.9 Å². The highest BCUT2D eigenvalue weighted by Gasteiger charge is 2.32. The van der Waals surface area contributed by atoms with Crippen molar-refractivity contribution >= 4 is 42.1 Å². The lowest BCUT2D eigenvalue weighted by atomic mass is 10.1. The van der Waals surface area contributed by atoms with Crippen molar-refractivity contribution in [2.45, 2.75) is 26.3 Å². The molecular formula is C21H20ClF3N6O4S. The first-order valence-electron chi connectivity index (χ1n) is 10.2. The van der Waals surface area contributed by atoms with Gasteiger partial charge in [-0.05, 0) is 31.5 Å². The average molecular weight is 545 g/mol. The quantitative estimate of drug-likeness (QED) is 0.314. The Kier molecular flexibility index (Phi) is 7.99. The van der Waals surface area contributed by atoms with Crippen molar-refractivity contribution in [2.75, 3.05) is 13.7 Å². The molecule has 192 valence electrons. The summed E-state index contributed by atoms with van der Waals surface area (Å²) in [6, 6.07) is 3.47. The van der Waals surface area contributed by atoms with Gasteiger partial charge in [-0.3, -0.25) is 4.68 Å². The van der Waals surface area contributed by atoms with Gasteiger partial charge in [-0.25, -0.2) is 14.5 Å². The van der Waals surface area contributed by atoms with Crippen LogP contribution in [0.3, 0.4) is 0 Å². The van der Waals surface area contributed by atoms with Crippen LogP contribution in [0, 0.1) is 0 Å². The van der Waals surface area contributed by atoms with E-state index in [1.807, 2.05) is 0 Å². The van der Waals surface area contributed by atoms with Crippen molar-refractivity contribution in [3.05, 3.63) is 52.9 Å². The molecule has 0 saturated carbocycles. The lowest BCUT2D eigenvalue weighted by Gasteiger charge is -2.17. The SMILES string of the molecule is CCOC(=O)c1cnn(-c2nc(OC)c3c(cnn3[C@@H](C)c3ccc(OC(F)(F)F)c(Cl)c3)n2)c1.S. The standard InChI is InChI=1S/C21H18ClF3N6O4.H2S/c1-4-34-19(32)13-8-26-30(10-13)20-28-15-9-27-31(17(15)18(29-20)33-3)11(2)12-5-6-16(14(22)7-12)35-21(23,24)25;/h5-11H,4H2,1-3H3;1H2/t11-;/m0./s1. The molecule has 0 aliphatic rings. The molecule has 0 radical (unpaired) electrons. The Morgan fingerprint density at radius 1 is 1.19 bits per heavy atom. The largest absolute Gasteiger partial charge is 0.573 e. The van der Waals surface area contributed by atoms with Crippen molar-refractivity contribution in [1.82, 2.24) is 29.5 Å². The van der Waals surface area contributed by atoms with E-state index in [9.17, 15) is 18.0 Å². The Bertz CT molecular complexity index is 1390. The van der Waals surface area contributed by atoms with E-state index in [-0.39, 0.29) is 42.5 Å². The third-order valence-corrected chi connectivity index (χ3v) is 5.22. The fourth-order valence-corrected chi connectivity index (χ4v) is 3.56. The van der Waals surface area contributed by atoms with Crippen molar-refractivity contribution in [3.63, 3.8) is 0 Å². The highest BCUT2D eigenvalue weighted by molar-refractivity contribution is 7.59. The number of halogens is 4. The highest BCUT2D eigenvalue weighted by Crippen LogP contribution is 2.34. The zero-order valence-electron chi connectivity index (χ0n) is 19.1. The summed E-state index contributed by atoms with van der Waals surface area (Å²) < 4.78 is 54.8. The maximum atomic E-state index is 12.5. The predicted octanol–water partition coefficient (Wildman–Crippen LogP) is 4.47. The predicted molar refractivity (Wildman–Crippen MR) is 127 cm³/mol. The van der Waals surface area contributed by atoms with Gasteiger partial charge in [0.05, 0.1) is 42.7 Å². The smallest absolute Gasteiger partial charge is 0.479 e. The van der Waals surface area contributed by atoms with Gasteiger partial charge in [0, 0.05) is 6.20 Å². The van der Waals surface area contributed by atoms with Gasteiger partial charge in [0.15, 0.2) is 0 Å². The lowest BCUT2D eigenvalue weighted by molar-refractivity contribution is -0.274. The van der Waals surface area contributed by atoms with Gasteiger partial charge in [0.1, 0.15) is 16.8 Å². The molecule has 0 fully saturated rings. The van der Waals surface area contributed by atoms with Crippen molar-refractivity contribution < 1.29 is 32.2 Å². The number of ether oxygens (including phenoxy) is 3. The molecule has 1 aromatic carbocycles. The van der Waals surface area contributed by atoms with E-state index >= 15 is 0 Å². The summed E-state index contributed by atoms with van der Waals surface area (Å²) in [5, 5.41) is 8.26. The number of fused-ring (bicyclic) bond motifs is 1. The second kappa shape index (κ2) is 10.6. The van der Waals surface area contributed by atoms with Crippen LogP contribution in [0.1, 0.15) is 35.8 Å². The zero-order chi connectivity index (χ0) is 25.3. The van der Waals surface area contributed by atoms with Crippen LogP contribution < -0.4 is 9.47 Å². The van der Waals surface area contributed by atoms with Crippen molar-refractivity contribution in [1.29, 1.82) is 0 Å². The van der Waals surface area contributed by atoms with E-state index < -0.39 is 24.1 Å². The molecule has 0 amide bonds. The van der Waals surface area contributed by atoms with Crippen LogP contribution in [-0.2, 0) is 4.74 Å². The molecule has 10 nitrogen and oxygen atoms in total. The second-order valence-electron chi connectivity index (χ2n) is 7.16. The van der Waals surface area contributed by atoms with Gasteiger partial charge in [-0.2, -0.15) is 28.7 Å². The van der Waals surface area contributed by atoms with Crippen molar-refractivity contribution in [2.24, 2.45) is 0 Å². The molecule has 0 N–H and O–H groups in total. The molecule has 0 unspecified atom stereocenters.